The van der Waals surface area contributed by atoms with E-state index in [0.29, 0.717) is 0 Å². The molecule has 0 radical (unpaired) electrons. The van der Waals surface area contributed by atoms with E-state index in [1.807, 2.05) is 0 Å². The Morgan fingerprint density at radius 2 is 2.22 bits per heavy atom. The molecule has 7 nitrogen and oxygen atoms in total. The van der Waals surface area contributed by atoms with Crippen molar-refractivity contribution in [2.24, 2.45) is 13.0 Å². The lowest BCUT2D eigenvalue weighted by atomic mass is 10.2. The summed E-state index contributed by atoms with van der Waals surface area (Å²) in [6.07, 6.45) is 2.82. The molecule has 0 aliphatic rings. The highest BCUT2D eigenvalue weighted by Gasteiger charge is 2.26. The molecule has 0 aliphatic heterocycles. The minimum absolute atomic E-state index is 0.0374. The number of imidazole rings is 1. The summed E-state index contributed by atoms with van der Waals surface area (Å²) in [5.41, 5.74) is 0. The van der Waals surface area contributed by atoms with Crippen LogP contribution in [-0.4, -0.2) is 48.9 Å². The van der Waals surface area contributed by atoms with Crippen molar-refractivity contribution in [3.8, 4) is 0 Å². The third kappa shape index (κ3) is 3.08. The van der Waals surface area contributed by atoms with Crippen LogP contribution in [0.3, 0.4) is 0 Å². The van der Waals surface area contributed by atoms with Gasteiger partial charge >= 0.3 is 5.97 Å². The van der Waals surface area contributed by atoms with E-state index in [4.69, 9.17) is 0 Å². The van der Waals surface area contributed by atoms with Crippen LogP contribution >= 0.6 is 0 Å². The Kier molecular flexibility index (Phi) is 4.47. The number of ether oxygens (including phenoxy) is 1. The Balaban J connectivity index is 2.83. The fourth-order valence-corrected chi connectivity index (χ4v) is 2.66. The summed E-state index contributed by atoms with van der Waals surface area (Å²) < 4.78 is 31.4. The molecule has 0 saturated heterocycles. The maximum absolute atomic E-state index is 12.1. The Hall–Kier alpha value is -1.41. The summed E-state index contributed by atoms with van der Waals surface area (Å²) in [5, 5.41) is -0.0374. The molecule has 1 unspecified atom stereocenters. The first kappa shape index (κ1) is 14.7. The maximum atomic E-state index is 12.1. The number of hydrogen-bond donors (Lipinski definition) is 0. The molecule has 1 heterocycles. The minimum Gasteiger partial charge on any atom is -0.469 e. The van der Waals surface area contributed by atoms with Crippen molar-refractivity contribution in [1.29, 1.82) is 0 Å². The van der Waals surface area contributed by atoms with E-state index in [1.165, 1.54) is 26.7 Å². The number of sulfonamides is 1. The highest BCUT2D eigenvalue weighted by Crippen LogP contribution is 2.13. The van der Waals surface area contributed by atoms with Crippen LogP contribution in [-0.2, 0) is 26.6 Å². The van der Waals surface area contributed by atoms with Crippen molar-refractivity contribution in [2.75, 3.05) is 20.7 Å². The molecule has 0 aromatic carbocycles. The van der Waals surface area contributed by atoms with Crippen molar-refractivity contribution < 1.29 is 17.9 Å². The highest BCUT2D eigenvalue weighted by molar-refractivity contribution is 7.89. The van der Waals surface area contributed by atoms with Gasteiger partial charge in [0.25, 0.3) is 10.0 Å². The number of carbonyl (C=O) groups is 1. The first-order chi connectivity index (χ1) is 8.28. The average Bonchev–Trinajstić information content (AvgIpc) is 2.75. The predicted molar refractivity (Wildman–Crippen MR) is 64.2 cm³/mol. The van der Waals surface area contributed by atoms with Crippen molar-refractivity contribution in [2.45, 2.75) is 11.9 Å². The molecule has 18 heavy (non-hydrogen) atoms. The molecule has 0 bridgehead atoms. The number of rotatable bonds is 5. The SMILES string of the molecule is COC(=O)C(C)CN(C)S(=O)(=O)c1cn(C)cn1. The molecule has 0 amide bonds. The lowest BCUT2D eigenvalue weighted by molar-refractivity contribution is -0.144. The van der Waals surface area contributed by atoms with Crippen LogP contribution in [0.5, 0.6) is 0 Å². The van der Waals surface area contributed by atoms with Crippen LogP contribution in [0.4, 0.5) is 0 Å². The monoisotopic (exact) mass is 275 g/mol. The third-order valence-electron chi connectivity index (χ3n) is 2.49. The van der Waals surface area contributed by atoms with Gasteiger partial charge < -0.3 is 9.30 Å². The molecular formula is C10H17N3O4S. The van der Waals surface area contributed by atoms with Crippen LogP contribution in [0.2, 0.25) is 0 Å². The molecule has 1 rings (SSSR count). The normalized spacial score (nSPS) is 13.6. The van der Waals surface area contributed by atoms with Crippen molar-refractivity contribution in [3.63, 3.8) is 0 Å². The first-order valence-electron chi connectivity index (χ1n) is 5.31. The molecule has 102 valence electrons. The van der Waals surface area contributed by atoms with Gasteiger partial charge in [-0.3, -0.25) is 4.79 Å². The minimum atomic E-state index is -3.66. The standard InChI is InChI=1S/C10H17N3O4S/c1-8(10(14)17-4)5-13(3)18(15,16)9-6-12(2)7-11-9/h6-8H,5H2,1-4H3. The largest absolute Gasteiger partial charge is 0.469 e. The Labute approximate surface area is 106 Å². The topological polar surface area (TPSA) is 81.5 Å². The lowest BCUT2D eigenvalue weighted by Gasteiger charge is -2.18. The first-order valence-corrected chi connectivity index (χ1v) is 6.75. The summed E-state index contributed by atoms with van der Waals surface area (Å²) in [7, 11) is 0.698. The van der Waals surface area contributed by atoms with Gasteiger partial charge in [0.15, 0.2) is 5.03 Å². The van der Waals surface area contributed by atoms with E-state index < -0.39 is 21.9 Å². The van der Waals surface area contributed by atoms with E-state index >= 15 is 0 Å². The molecule has 8 heteroatoms. The van der Waals surface area contributed by atoms with Crippen LogP contribution < -0.4 is 0 Å². The summed E-state index contributed by atoms with van der Waals surface area (Å²) in [5.74, 6) is -0.975. The summed E-state index contributed by atoms with van der Waals surface area (Å²) in [4.78, 5) is 15.0. The van der Waals surface area contributed by atoms with Gasteiger partial charge in [0.2, 0.25) is 0 Å². The van der Waals surface area contributed by atoms with Crippen LogP contribution in [0.15, 0.2) is 17.6 Å². The van der Waals surface area contributed by atoms with E-state index in [0.717, 1.165) is 4.31 Å². The number of methoxy groups -OCH3 is 1. The molecule has 0 fully saturated rings. The lowest BCUT2D eigenvalue weighted by Crippen LogP contribution is -2.34. The van der Waals surface area contributed by atoms with Gasteiger partial charge in [0, 0.05) is 26.8 Å². The zero-order valence-corrected chi connectivity index (χ0v) is 11.6. The molecule has 1 atom stereocenters. The smallest absolute Gasteiger partial charge is 0.309 e. The van der Waals surface area contributed by atoms with Crippen molar-refractivity contribution in [3.05, 3.63) is 12.5 Å². The number of hydrogen-bond acceptors (Lipinski definition) is 5. The zero-order valence-electron chi connectivity index (χ0n) is 10.8. The van der Waals surface area contributed by atoms with Crippen LogP contribution in [0.1, 0.15) is 6.92 Å². The summed E-state index contributed by atoms with van der Waals surface area (Å²) in [6, 6.07) is 0. The van der Waals surface area contributed by atoms with Gasteiger partial charge in [-0.25, -0.2) is 13.4 Å². The highest BCUT2D eigenvalue weighted by atomic mass is 32.2. The van der Waals surface area contributed by atoms with Gasteiger partial charge in [-0.05, 0) is 0 Å². The zero-order chi connectivity index (χ0) is 13.9. The average molecular weight is 275 g/mol. The number of aromatic nitrogens is 2. The quantitative estimate of drug-likeness (QED) is 0.698. The Morgan fingerprint density at radius 3 is 2.67 bits per heavy atom. The second-order valence-corrected chi connectivity index (χ2v) is 6.08. The van der Waals surface area contributed by atoms with E-state index in [9.17, 15) is 13.2 Å². The number of esters is 1. The summed E-state index contributed by atoms with van der Waals surface area (Å²) >= 11 is 0. The van der Waals surface area contributed by atoms with Gasteiger partial charge in [-0.15, -0.1) is 0 Å². The molecule has 0 saturated carbocycles. The number of aryl methyl sites for hydroxylation is 1. The molecule has 0 N–H and O–H groups in total. The molecular weight excluding hydrogens is 258 g/mol. The molecule has 0 aliphatic carbocycles. The van der Waals surface area contributed by atoms with Crippen molar-refractivity contribution in [1.82, 2.24) is 13.9 Å². The van der Waals surface area contributed by atoms with E-state index in [1.54, 1.807) is 18.5 Å². The maximum Gasteiger partial charge on any atom is 0.309 e. The molecule has 1 aromatic heterocycles. The Morgan fingerprint density at radius 1 is 1.61 bits per heavy atom. The summed E-state index contributed by atoms with van der Waals surface area (Å²) in [6.45, 7) is 1.65. The van der Waals surface area contributed by atoms with Crippen LogP contribution in [0.25, 0.3) is 0 Å². The van der Waals surface area contributed by atoms with Gasteiger partial charge in [-0.2, -0.15) is 4.31 Å². The number of carbonyl (C=O) groups excluding carboxylic acids is 1. The molecule has 1 aromatic rings. The third-order valence-corrected chi connectivity index (χ3v) is 4.20. The van der Waals surface area contributed by atoms with Crippen LogP contribution in [0, 0.1) is 5.92 Å². The predicted octanol–water partition coefficient (Wildman–Crippen LogP) is -0.150. The van der Waals surface area contributed by atoms with E-state index in [-0.39, 0.29) is 11.6 Å². The molecule has 0 spiro atoms. The van der Waals surface area contributed by atoms with Crippen molar-refractivity contribution >= 4 is 16.0 Å². The number of nitrogens with zero attached hydrogens (tertiary/aromatic N) is 3. The Bertz CT molecular complexity index is 523. The van der Waals surface area contributed by atoms with E-state index in [2.05, 4.69) is 9.72 Å². The fraction of sp³-hybridized carbons (Fsp3) is 0.600. The van der Waals surface area contributed by atoms with Gasteiger partial charge in [0.05, 0.1) is 19.4 Å². The van der Waals surface area contributed by atoms with Gasteiger partial charge in [0.1, 0.15) is 0 Å². The second kappa shape index (κ2) is 5.49. The second-order valence-electron chi connectivity index (χ2n) is 4.09. The van der Waals surface area contributed by atoms with Gasteiger partial charge in [-0.1, -0.05) is 6.92 Å². The fourth-order valence-electron chi connectivity index (χ4n) is 1.44.